The smallest absolute Gasteiger partial charge is 0.225 e. The molecule has 1 heterocycles. The molecule has 0 radical (unpaired) electrons. The molecule has 0 bridgehead atoms. The van der Waals surface area contributed by atoms with Crippen LogP contribution in [0.1, 0.15) is 24.8 Å². The summed E-state index contributed by atoms with van der Waals surface area (Å²) in [4.78, 5) is 12.0. The molecule has 1 aliphatic rings. The van der Waals surface area contributed by atoms with E-state index in [4.69, 9.17) is 0 Å². The fourth-order valence-electron chi connectivity index (χ4n) is 2.38. The van der Waals surface area contributed by atoms with Gasteiger partial charge in [0, 0.05) is 25.6 Å². The van der Waals surface area contributed by atoms with Gasteiger partial charge in [-0.3, -0.25) is 4.79 Å². The molecule has 2 rings (SSSR count). The third-order valence-corrected chi connectivity index (χ3v) is 3.33. The van der Waals surface area contributed by atoms with E-state index in [1.165, 1.54) is 5.56 Å². The number of rotatable bonds is 4. The molecular weight excluding hydrogens is 212 g/mol. The van der Waals surface area contributed by atoms with Crippen LogP contribution in [0.3, 0.4) is 0 Å². The summed E-state index contributed by atoms with van der Waals surface area (Å²) in [6.07, 6.45) is 0.988. The van der Waals surface area contributed by atoms with E-state index < -0.39 is 0 Å². The van der Waals surface area contributed by atoms with Crippen LogP contribution in [-0.4, -0.2) is 25.5 Å². The Bertz CT molecular complexity index is 364. The molecule has 0 saturated carbocycles. The Labute approximate surface area is 103 Å². The number of nitrogens with one attached hydrogen (secondary N) is 2. The predicted octanol–water partition coefficient (Wildman–Crippen LogP) is 1.52. The summed E-state index contributed by atoms with van der Waals surface area (Å²) >= 11 is 0. The zero-order valence-electron chi connectivity index (χ0n) is 10.3. The first-order valence-corrected chi connectivity index (χ1v) is 6.36. The van der Waals surface area contributed by atoms with Gasteiger partial charge in [-0.15, -0.1) is 0 Å². The molecule has 92 valence electrons. The third-order valence-electron chi connectivity index (χ3n) is 3.33. The van der Waals surface area contributed by atoms with Crippen LogP contribution in [0.4, 0.5) is 0 Å². The van der Waals surface area contributed by atoms with Crippen molar-refractivity contribution in [3.8, 4) is 0 Å². The summed E-state index contributed by atoms with van der Waals surface area (Å²) in [5.41, 5.74) is 1.26. The van der Waals surface area contributed by atoms with E-state index in [-0.39, 0.29) is 11.8 Å². The van der Waals surface area contributed by atoms with Crippen LogP contribution in [0.15, 0.2) is 30.3 Å². The summed E-state index contributed by atoms with van der Waals surface area (Å²) < 4.78 is 0. The molecule has 0 aliphatic carbocycles. The lowest BCUT2D eigenvalue weighted by Crippen LogP contribution is -2.34. The van der Waals surface area contributed by atoms with Crippen molar-refractivity contribution in [3.63, 3.8) is 0 Å². The standard InChI is InChI=1S/C14H20N2O/c1-2-8-16-14(17)13-10-15-9-12(13)11-6-4-3-5-7-11/h3-7,12-13,15H,2,8-10H2,1H3,(H,16,17). The minimum atomic E-state index is 0.0731. The molecule has 2 unspecified atom stereocenters. The normalized spacial score (nSPS) is 23.6. The van der Waals surface area contributed by atoms with Gasteiger partial charge in [0.15, 0.2) is 0 Å². The highest BCUT2D eigenvalue weighted by atomic mass is 16.1. The van der Waals surface area contributed by atoms with Crippen molar-refractivity contribution in [2.45, 2.75) is 19.3 Å². The van der Waals surface area contributed by atoms with Crippen LogP contribution in [-0.2, 0) is 4.79 Å². The van der Waals surface area contributed by atoms with Crippen LogP contribution in [0.25, 0.3) is 0 Å². The lowest BCUT2D eigenvalue weighted by molar-refractivity contribution is -0.124. The number of benzene rings is 1. The van der Waals surface area contributed by atoms with Gasteiger partial charge >= 0.3 is 0 Å². The monoisotopic (exact) mass is 232 g/mol. The van der Waals surface area contributed by atoms with Gasteiger partial charge in [0.2, 0.25) is 5.91 Å². The zero-order chi connectivity index (χ0) is 12.1. The van der Waals surface area contributed by atoms with Gasteiger partial charge in [0.1, 0.15) is 0 Å². The van der Waals surface area contributed by atoms with E-state index in [0.29, 0.717) is 5.92 Å². The highest BCUT2D eigenvalue weighted by Crippen LogP contribution is 2.27. The summed E-state index contributed by atoms with van der Waals surface area (Å²) in [6.45, 7) is 4.53. The van der Waals surface area contributed by atoms with Gasteiger partial charge in [-0.05, 0) is 12.0 Å². The lowest BCUT2D eigenvalue weighted by Gasteiger charge is -2.18. The molecule has 1 aromatic rings. The van der Waals surface area contributed by atoms with E-state index in [2.05, 4.69) is 29.7 Å². The van der Waals surface area contributed by atoms with Gasteiger partial charge < -0.3 is 10.6 Å². The van der Waals surface area contributed by atoms with Crippen LogP contribution < -0.4 is 10.6 Å². The molecule has 1 fully saturated rings. The second-order valence-corrected chi connectivity index (χ2v) is 4.57. The van der Waals surface area contributed by atoms with Crippen molar-refractivity contribution in [1.82, 2.24) is 10.6 Å². The molecule has 3 heteroatoms. The highest BCUT2D eigenvalue weighted by Gasteiger charge is 2.33. The van der Waals surface area contributed by atoms with Gasteiger partial charge in [-0.2, -0.15) is 0 Å². The zero-order valence-corrected chi connectivity index (χ0v) is 10.3. The fourth-order valence-corrected chi connectivity index (χ4v) is 2.38. The Morgan fingerprint density at radius 3 is 2.82 bits per heavy atom. The van der Waals surface area contributed by atoms with Crippen LogP contribution in [0.2, 0.25) is 0 Å². The van der Waals surface area contributed by atoms with Crippen molar-refractivity contribution in [1.29, 1.82) is 0 Å². The topological polar surface area (TPSA) is 41.1 Å². The first kappa shape index (κ1) is 12.1. The minimum absolute atomic E-state index is 0.0731. The van der Waals surface area contributed by atoms with E-state index in [9.17, 15) is 4.79 Å². The van der Waals surface area contributed by atoms with Crippen LogP contribution in [0, 0.1) is 5.92 Å². The second-order valence-electron chi connectivity index (χ2n) is 4.57. The van der Waals surface area contributed by atoms with Gasteiger partial charge in [0.25, 0.3) is 0 Å². The number of carbonyl (C=O) groups is 1. The Kier molecular flexibility index (Phi) is 4.15. The van der Waals surface area contributed by atoms with Crippen molar-refractivity contribution < 1.29 is 4.79 Å². The highest BCUT2D eigenvalue weighted by molar-refractivity contribution is 5.80. The van der Waals surface area contributed by atoms with Gasteiger partial charge in [0.05, 0.1) is 5.92 Å². The van der Waals surface area contributed by atoms with Crippen molar-refractivity contribution in [2.24, 2.45) is 5.92 Å². The number of hydrogen-bond acceptors (Lipinski definition) is 2. The quantitative estimate of drug-likeness (QED) is 0.826. The molecule has 1 amide bonds. The molecule has 17 heavy (non-hydrogen) atoms. The van der Waals surface area contributed by atoms with Crippen molar-refractivity contribution in [2.75, 3.05) is 19.6 Å². The Morgan fingerprint density at radius 1 is 1.35 bits per heavy atom. The van der Waals surface area contributed by atoms with Crippen molar-refractivity contribution >= 4 is 5.91 Å². The van der Waals surface area contributed by atoms with Crippen LogP contribution >= 0.6 is 0 Å². The number of hydrogen-bond donors (Lipinski definition) is 2. The summed E-state index contributed by atoms with van der Waals surface area (Å²) in [5.74, 6) is 0.572. The predicted molar refractivity (Wildman–Crippen MR) is 68.8 cm³/mol. The second kappa shape index (κ2) is 5.82. The fraction of sp³-hybridized carbons (Fsp3) is 0.500. The maximum Gasteiger partial charge on any atom is 0.225 e. The number of amides is 1. The molecular formula is C14H20N2O. The maximum atomic E-state index is 12.0. The van der Waals surface area contributed by atoms with E-state index in [1.807, 2.05) is 18.2 Å². The molecule has 0 aromatic heterocycles. The first-order valence-electron chi connectivity index (χ1n) is 6.36. The van der Waals surface area contributed by atoms with E-state index >= 15 is 0 Å². The summed E-state index contributed by atoms with van der Waals surface area (Å²) in [5, 5.41) is 6.31. The van der Waals surface area contributed by atoms with E-state index in [0.717, 1.165) is 26.1 Å². The SMILES string of the molecule is CCCNC(=O)C1CNCC1c1ccccc1. The lowest BCUT2D eigenvalue weighted by atomic mass is 9.88. The largest absolute Gasteiger partial charge is 0.356 e. The average Bonchev–Trinajstić information content (AvgIpc) is 2.86. The van der Waals surface area contributed by atoms with Gasteiger partial charge in [-0.25, -0.2) is 0 Å². The molecule has 1 aliphatic heterocycles. The Balaban J connectivity index is 2.05. The Morgan fingerprint density at radius 2 is 2.12 bits per heavy atom. The molecule has 3 nitrogen and oxygen atoms in total. The summed E-state index contributed by atoms with van der Waals surface area (Å²) in [7, 11) is 0. The third kappa shape index (κ3) is 2.86. The maximum absolute atomic E-state index is 12.0. The molecule has 0 spiro atoms. The molecule has 2 N–H and O–H groups in total. The molecule has 1 saturated heterocycles. The average molecular weight is 232 g/mol. The van der Waals surface area contributed by atoms with Crippen LogP contribution in [0.5, 0.6) is 0 Å². The Hall–Kier alpha value is -1.35. The van der Waals surface area contributed by atoms with E-state index in [1.54, 1.807) is 0 Å². The molecule has 1 aromatic carbocycles. The molecule has 2 atom stereocenters. The number of carbonyl (C=O) groups excluding carboxylic acids is 1. The first-order chi connectivity index (χ1) is 8.33. The minimum Gasteiger partial charge on any atom is -0.356 e. The van der Waals surface area contributed by atoms with Crippen molar-refractivity contribution in [3.05, 3.63) is 35.9 Å². The summed E-state index contributed by atoms with van der Waals surface area (Å²) in [6, 6.07) is 10.3. The van der Waals surface area contributed by atoms with Gasteiger partial charge in [-0.1, -0.05) is 37.3 Å².